The Balaban J connectivity index is 2.98. The van der Waals surface area contributed by atoms with Gasteiger partial charge in [-0.2, -0.15) is 0 Å². The lowest BCUT2D eigenvalue weighted by atomic mass is 10.1. The molecule has 0 fully saturated rings. The lowest BCUT2D eigenvalue weighted by Crippen LogP contribution is -1.94. The number of terminal acetylenes is 1. The van der Waals surface area contributed by atoms with Crippen LogP contribution in [0.5, 0.6) is 0 Å². The molecule has 2 nitrogen and oxygen atoms in total. The van der Waals surface area contributed by atoms with Crippen molar-refractivity contribution >= 4 is 0 Å². The molecule has 0 saturated heterocycles. The molecule has 1 N–H and O–H groups in total. The van der Waals surface area contributed by atoms with Crippen molar-refractivity contribution in [2.45, 2.75) is 13.0 Å². The summed E-state index contributed by atoms with van der Waals surface area (Å²) in [6.45, 7) is 1.85. The Hall–Kier alpha value is -1.33. The predicted molar refractivity (Wildman–Crippen MR) is 42.8 cm³/mol. The first-order valence-electron chi connectivity index (χ1n) is 3.31. The first kappa shape index (κ1) is 7.77. The molecule has 0 saturated carbocycles. The molecule has 0 bridgehead atoms. The van der Waals surface area contributed by atoms with E-state index in [1.165, 1.54) is 0 Å². The van der Waals surface area contributed by atoms with Gasteiger partial charge in [-0.1, -0.05) is 5.92 Å². The molecule has 0 aliphatic rings. The normalized spacial score (nSPS) is 12.1. The molecule has 56 valence electrons. The van der Waals surface area contributed by atoms with Crippen molar-refractivity contribution in [1.29, 1.82) is 0 Å². The van der Waals surface area contributed by atoms with E-state index in [0.717, 1.165) is 11.3 Å². The van der Waals surface area contributed by atoms with Gasteiger partial charge in [0.1, 0.15) is 6.10 Å². The Morgan fingerprint density at radius 2 is 2.45 bits per heavy atom. The Morgan fingerprint density at radius 1 is 1.73 bits per heavy atom. The largest absolute Gasteiger partial charge is 0.376 e. The van der Waals surface area contributed by atoms with Crippen molar-refractivity contribution in [3.8, 4) is 12.3 Å². The van der Waals surface area contributed by atoms with Crippen LogP contribution in [0.2, 0.25) is 0 Å². The van der Waals surface area contributed by atoms with E-state index in [9.17, 15) is 5.11 Å². The van der Waals surface area contributed by atoms with E-state index in [0.29, 0.717) is 0 Å². The van der Waals surface area contributed by atoms with Gasteiger partial charge in [-0.05, 0) is 24.6 Å². The third-order valence-electron chi connectivity index (χ3n) is 1.39. The summed E-state index contributed by atoms with van der Waals surface area (Å²) >= 11 is 0. The fourth-order valence-corrected chi connectivity index (χ4v) is 0.834. The highest BCUT2D eigenvalue weighted by atomic mass is 16.3. The molecule has 2 heteroatoms. The minimum atomic E-state index is -0.809. The van der Waals surface area contributed by atoms with E-state index in [-0.39, 0.29) is 0 Å². The molecule has 1 aromatic rings. The summed E-state index contributed by atoms with van der Waals surface area (Å²) in [5.74, 6) is 2.24. The highest BCUT2D eigenvalue weighted by Crippen LogP contribution is 2.10. The van der Waals surface area contributed by atoms with Gasteiger partial charge in [-0.3, -0.25) is 4.98 Å². The van der Waals surface area contributed by atoms with Gasteiger partial charge < -0.3 is 5.11 Å². The first-order valence-corrected chi connectivity index (χ1v) is 3.31. The van der Waals surface area contributed by atoms with Gasteiger partial charge >= 0.3 is 0 Å². The smallest absolute Gasteiger partial charge is 0.140 e. The minimum absolute atomic E-state index is 0.722. The van der Waals surface area contributed by atoms with Crippen molar-refractivity contribution < 1.29 is 5.11 Å². The average Bonchev–Trinajstić information content (AvgIpc) is 2.03. The van der Waals surface area contributed by atoms with Crippen LogP contribution < -0.4 is 0 Å². The van der Waals surface area contributed by atoms with Crippen LogP contribution in [0.15, 0.2) is 18.3 Å². The summed E-state index contributed by atoms with van der Waals surface area (Å²) in [5, 5.41) is 9.19. The van der Waals surface area contributed by atoms with Crippen molar-refractivity contribution in [3.05, 3.63) is 29.6 Å². The summed E-state index contributed by atoms with van der Waals surface area (Å²) in [4.78, 5) is 3.98. The van der Waals surface area contributed by atoms with Gasteiger partial charge in [0.2, 0.25) is 0 Å². The van der Waals surface area contributed by atoms with Crippen LogP contribution >= 0.6 is 0 Å². The van der Waals surface area contributed by atoms with Crippen LogP contribution in [0, 0.1) is 19.3 Å². The van der Waals surface area contributed by atoms with Crippen molar-refractivity contribution in [2.24, 2.45) is 0 Å². The van der Waals surface area contributed by atoms with Crippen LogP contribution in [0.25, 0.3) is 0 Å². The molecular weight excluding hydrogens is 138 g/mol. The van der Waals surface area contributed by atoms with E-state index in [4.69, 9.17) is 6.42 Å². The molecule has 0 amide bonds. The summed E-state index contributed by atoms with van der Waals surface area (Å²) < 4.78 is 0. The predicted octanol–water partition coefficient (Wildman–Crippen LogP) is 1.06. The number of aliphatic hydroxyl groups excluding tert-OH is 1. The molecular formula is C9H9NO. The number of rotatable bonds is 1. The molecule has 0 aromatic carbocycles. The Bertz CT molecular complexity index is 288. The molecule has 0 aliphatic carbocycles. The zero-order valence-corrected chi connectivity index (χ0v) is 6.28. The van der Waals surface area contributed by atoms with Gasteiger partial charge in [0.25, 0.3) is 0 Å². The lowest BCUT2D eigenvalue weighted by Gasteiger charge is -2.02. The molecule has 1 unspecified atom stereocenters. The summed E-state index contributed by atoms with van der Waals surface area (Å²) in [6.07, 6.45) is 5.86. The van der Waals surface area contributed by atoms with Gasteiger partial charge in [-0.15, -0.1) is 6.42 Å². The lowest BCUT2D eigenvalue weighted by molar-refractivity contribution is 0.238. The van der Waals surface area contributed by atoms with E-state index in [1.807, 2.05) is 6.92 Å². The topological polar surface area (TPSA) is 33.1 Å². The number of pyridine rings is 1. The highest BCUT2D eigenvalue weighted by molar-refractivity contribution is 5.23. The zero-order valence-electron chi connectivity index (χ0n) is 6.28. The van der Waals surface area contributed by atoms with Gasteiger partial charge in [0.05, 0.1) is 0 Å². The maximum absolute atomic E-state index is 9.19. The molecule has 0 aliphatic heterocycles. The monoisotopic (exact) mass is 147 g/mol. The first-order chi connectivity index (χ1) is 5.24. The van der Waals surface area contributed by atoms with E-state index < -0.39 is 6.10 Å². The number of hydrogen-bond donors (Lipinski definition) is 1. The average molecular weight is 147 g/mol. The second-order valence-electron chi connectivity index (χ2n) is 2.30. The Kier molecular flexibility index (Phi) is 2.25. The molecule has 1 atom stereocenters. The second-order valence-corrected chi connectivity index (χ2v) is 2.30. The summed E-state index contributed by atoms with van der Waals surface area (Å²) in [7, 11) is 0. The fraction of sp³-hybridized carbons (Fsp3) is 0.222. The molecule has 1 aromatic heterocycles. The fourth-order valence-electron chi connectivity index (χ4n) is 0.834. The van der Waals surface area contributed by atoms with Crippen LogP contribution in [-0.2, 0) is 0 Å². The quantitative estimate of drug-likeness (QED) is 0.602. The third-order valence-corrected chi connectivity index (χ3v) is 1.39. The summed E-state index contributed by atoms with van der Waals surface area (Å²) in [5.41, 5.74) is 1.58. The standard InChI is InChI=1S/C9H9NO/c1-3-9(11)8-4-5-10-7(2)6-8/h1,4-6,9,11H,2H3. The highest BCUT2D eigenvalue weighted by Gasteiger charge is 2.01. The van der Waals surface area contributed by atoms with Crippen LogP contribution in [0.1, 0.15) is 17.4 Å². The SMILES string of the molecule is C#CC(O)c1ccnc(C)c1. The molecule has 1 rings (SSSR count). The number of nitrogens with zero attached hydrogens (tertiary/aromatic N) is 1. The van der Waals surface area contributed by atoms with Crippen molar-refractivity contribution in [3.63, 3.8) is 0 Å². The maximum Gasteiger partial charge on any atom is 0.140 e. The molecule has 1 heterocycles. The molecule has 11 heavy (non-hydrogen) atoms. The number of hydrogen-bond acceptors (Lipinski definition) is 2. The second kappa shape index (κ2) is 3.18. The molecule has 0 spiro atoms. The third kappa shape index (κ3) is 1.79. The number of aryl methyl sites for hydroxylation is 1. The van der Waals surface area contributed by atoms with Crippen LogP contribution in [0.3, 0.4) is 0 Å². The Labute approximate surface area is 65.9 Å². The van der Waals surface area contributed by atoms with Gasteiger partial charge in [0, 0.05) is 11.9 Å². The molecule has 0 radical (unpaired) electrons. The van der Waals surface area contributed by atoms with Crippen LogP contribution in [-0.4, -0.2) is 10.1 Å². The van der Waals surface area contributed by atoms with Gasteiger partial charge in [-0.25, -0.2) is 0 Å². The van der Waals surface area contributed by atoms with Crippen molar-refractivity contribution in [2.75, 3.05) is 0 Å². The number of aliphatic hydroxyl groups is 1. The maximum atomic E-state index is 9.19. The van der Waals surface area contributed by atoms with E-state index >= 15 is 0 Å². The van der Waals surface area contributed by atoms with E-state index in [1.54, 1.807) is 18.3 Å². The minimum Gasteiger partial charge on any atom is -0.376 e. The Morgan fingerprint density at radius 3 is 3.00 bits per heavy atom. The van der Waals surface area contributed by atoms with Crippen molar-refractivity contribution in [1.82, 2.24) is 4.98 Å². The number of aromatic nitrogens is 1. The zero-order chi connectivity index (χ0) is 8.27. The van der Waals surface area contributed by atoms with E-state index in [2.05, 4.69) is 10.9 Å². The van der Waals surface area contributed by atoms with Crippen LogP contribution in [0.4, 0.5) is 0 Å². The van der Waals surface area contributed by atoms with Gasteiger partial charge in [0.15, 0.2) is 0 Å². The summed E-state index contributed by atoms with van der Waals surface area (Å²) in [6, 6.07) is 3.47.